The zero-order valence-corrected chi connectivity index (χ0v) is 10.6. The fraction of sp³-hybridized carbons (Fsp3) is 0.455. The van der Waals surface area contributed by atoms with E-state index < -0.39 is 18.0 Å². The van der Waals surface area contributed by atoms with E-state index in [0.717, 1.165) is 5.56 Å². The number of carbonyl (C=O) groups is 3. The first-order valence-electron chi connectivity index (χ1n) is 5.77. The number of nitrogens with zero attached hydrogens (tertiary/aromatic N) is 1. The number of rotatable bonds is 4. The largest absolute Gasteiger partial charge is 0.361 e. The van der Waals surface area contributed by atoms with Crippen molar-refractivity contribution in [1.29, 1.82) is 0 Å². The minimum Gasteiger partial charge on any atom is -0.361 e. The van der Waals surface area contributed by atoms with Crippen LogP contribution in [0.2, 0.25) is 0 Å². The summed E-state index contributed by atoms with van der Waals surface area (Å²) in [6.45, 7) is 3.82. The molecule has 2 heterocycles. The van der Waals surface area contributed by atoms with Gasteiger partial charge in [-0.25, -0.2) is 4.79 Å². The first-order valence-corrected chi connectivity index (χ1v) is 5.77. The van der Waals surface area contributed by atoms with Gasteiger partial charge in [-0.2, -0.15) is 0 Å². The van der Waals surface area contributed by atoms with E-state index in [1.807, 2.05) is 0 Å². The van der Waals surface area contributed by atoms with Crippen molar-refractivity contribution in [1.82, 2.24) is 21.1 Å². The number of carbonyl (C=O) groups excluding carboxylic acids is 3. The van der Waals surface area contributed by atoms with Crippen molar-refractivity contribution in [2.24, 2.45) is 0 Å². The third-order valence-corrected chi connectivity index (χ3v) is 2.89. The predicted octanol–water partition coefficient (Wildman–Crippen LogP) is -0.494. The normalized spacial score (nSPS) is 18.1. The first kappa shape index (κ1) is 13.1. The van der Waals surface area contributed by atoms with Crippen LogP contribution in [0.3, 0.4) is 0 Å². The average molecular weight is 266 g/mol. The van der Waals surface area contributed by atoms with Gasteiger partial charge in [0.25, 0.3) is 5.91 Å². The maximum absolute atomic E-state index is 11.7. The first-order chi connectivity index (χ1) is 8.97. The number of hydrogen-bond donors (Lipinski definition) is 3. The summed E-state index contributed by atoms with van der Waals surface area (Å²) in [5.74, 6) is -0.176. The monoisotopic (exact) mass is 266 g/mol. The Morgan fingerprint density at radius 3 is 2.68 bits per heavy atom. The van der Waals surface area contributed by atoms with Crippen LogP contribution in [0.4, 0.5) is 4.79 Å². The van der Waals surface area contributed by atoms with Gasteiger partial charge in [0.15, 0.2) is 0 Å². The highest BCUT2D eigenvalue weighted by atomic mass is 16.5. The molecular weight excluding hydrogens is 252 g/mol. The summed E-state index contributed by atoms with van der Waals surface area (Å²) in [6.07, 6.45) is -0.0963. The van der Waals surface area contributed by atoms with Crippen molar-refractivity contribution in [2.45, 2.75) is 32.9 Å². The maximum Gasteiger partial charge on any atom is 0.322 e. The summed E-state index contributed by atoms with van der Waals surface area (Å²) in [6, 6.07) is -1.38. The molecule has 1 aliphatic heterocycles. The molecule has 3 N–H and O–H groups in total. The molecule has 0 saturated carbocycles. The second-order valence-corrected chi connectivity index (χ2v) is 4.30. The summed E-state index contributed by atoms with van der Waals surface area (Å²) in [4.78, 5) is 33.8. The van der Waals surface area contributed by atoms with Crippen LogP contribution in [0.1, 0.15) is 23.4 Å². The summed E-state index contributed by atoms with van der Waals surface area (Å²) < 4.78 is 4.97. The maximum atomic E-state index is 11.7. The van der Waals surface area contributed by atoms with E-state index >= 15 is 0 Å². The number of nitrogens with one attached hydrogen (secondary N) is 3. The minimum atomic E-state index is -0.808. The Labute approximate surface area is 108 Å². The van der Waals surface area contributed by atoms with Gasteiger partial charge in [-0.15, -0.1) is 0 Å². The second kappa shape index (κ2) is 5.09. The lowest BCUT2D eigenvalue weighted by atomic mass is 10.2. The van der Waals surface area contributed by atoms with Gasteiger partial charge in [0.05, 0.1) is 12.1 Å². The summed E-state index contributed by atoms with van der Waals surface area (Å²) in [7, 11) is 0. The van der Waals surface area contributed by atoms with Crippen molar-refractivity contribution in [3.63, 3.8) is 0 Å². The van der Waals surface area contributed by atoms with E-state index in [1.54, 1.807) is 13.8 Å². The smallest absolute Gasteiger partial charge is 0.322 e. The number of urea groups is 1. The Kier molecular flexibility index (Phi) is 3.50. The number of aromatic nitrogens is 1. The van der Waals surface area contributed by atoms with E-state index in [0.29, 0.717) is 11.5 Å². The summed E-state index contributed by atoms with van der Waals surface area (Å²) in [5, 5.41) is 10.9. The number of hydrogen-bond acceptors (Lipinski definition) is 5. The van der Waals surface area contributed by atoms with Gasteiger partial charge in [0, 0.05) is 12.1 Å². The molecule has 0 spiro atoms. The van der Waals surface area contributed by atoms with E-state index in [1.165, 1.54) is 0 Å². The molecule has 102 valence electrons. The van der Waals surface area contributed by atoms with Crippen LogP contribution in [0.5, 0.6) is 0 Å². The third-order valence-electron chi connectivity index (χ3n) is 2.89. The van der Waals surface area contributed by atoms with Crippen molar-refractivity contribution in [2.75, 3.05) is 0 Å². The minimum absolute atomic E-state index is 0.0963. The second-order valence-electron chi connectivity index (χ2n) is 4.30. The fourth-order valence-corrected chi connectivity index (χ4v) is 1.80. The van der Waals surface area contributed by atoms with Crippen LogP contribution in [-0.2, 0) is 16.1 Å². The molecule has 1 fully saturated rings. The zero-order valence-electron chi connectivity index (χ0n) is 10.6. The molecule has 0 bridgehead atoms. The topological polar surface area (TPSA) is 113 Å². The number of amides is 4. The van der Waals surface area contributed by atoms with Crippen LogP contribution in [0.15, 0.2) is 4.52 Å². The molecule has 1 atom stereocenters. The molecule has 0 aliphatic carbocycles. The Balaban J connectivity index is 1.85. The van der Waals surface area contributed by atoms with Gasteiger partial charge >= 0.3 is 6.03 Å². The Bertz CT molecular complexity index is 517. The van der Waals surface area contributed by atoms with Crippen LogP contribution < -0.4 is 16.0 Å². The lowest BCUT2D eigenvalue weighted by molar-refractivity contribution is -0.126. The highest BCUT2D eigenvalue weighted by Crippen LogP contribution is 2.11. The quantitative estimate of drug-likeness (QED) is 0.636. The Morgan fingerprint density at radius 1 is 1.42 bits per heavy atom. The van der Waals surface area contributed by atoms with Gasteiger partial charge in [0.1, 0.15) is 11.8 Å². The molecular formula is C11H14N4O4. The molecule has 1 aromatic heterocycles. The predicted molar refractivity (Wildman–Crippen MR) is 62.9 cm³/mol. The molecule has 1 aromatic rings. The van der Waals surface area contributed by atoms with Gasteiger partial charge in [-0.05, 0) is 13.8 Å². The van der Waals surface area contributed by atoms with Gasteiger partial charge in [0.2, 0.25) is 5.91 Å². The summed E-state index contributed by atoms with van der Waals surface area (Å²) >= 11 is 0. The average Bonchev–Trinajstić information content (AvgIpc) is 2.81. The lowest BCUT2D eigenvalue weighted by Crippen LogP contribution is -2.36. The molecule has 8 nitrogen and oxygen atoms in total. The molecule has 19 heavy (non-hydrogen) atoms. The summed E-state index contributed by atoms with van der Waals surface area (Å²) in [5.41, 5.74) is 1.53. The van der Waals surface area contributed by atoms with Crippen molar-refractivity contribution >= 4 is 17.8 Å². The van der Waals surface area contributed by atoms with Crippen molar-refractivity contribution in [3.05, 3.63) is 17.0 Å². The van der Waals surface area contributed by atoms with Gasteiger partial charge in [-0.1, -0.05) is 5.16 Å². The standard InChI is InChI=1S/C11H14N4O4/c1-5-7(6(2)19-15-5)4-12-9(16)3-8-10(17)14-11(18)13-8/h8H,3-4H2,1-2H3,(H,12,16)(H2,13,14,17,18)/t8-/m1/s1. The number of aryl methyl sites for hydroxylation is 2. The molecule has 2 rings (SSSR count). The molecule has 0 unspecified atom stereocenters. The van der Waals surface area contributed by atoms with Gasteiger partial charge < -0.3 is 15.2 Å². The molecule has 1 aliphatic rings. The lowest BCUT2D eigenvalue weighted by Gasteiger charge is -2.08. The Hall–Kier alpha value is -2.38. The molecule has 4 amide bonds. The zero-order chi connectivity index (χ0) is 14.0. The van der Waals surface area contributed by atoms with E-state index in [4.69, 9.17) is 4.52 Å². The van der Waals surface area contributed by atoms with E-state index in [2.05, 4.69) is 21.1 Å². The Morgan fingerprint density at radius 2 is 2.16 bits per heavy atom. The van der Waals surface area contributed by atoms with Crippen molar-refractivity contribution in [3.8, 4) is 0 Å². The van der Waals surface area contributed by atoms with Gasteiger partial charge in [-0.3, -0.25) is 14.9 Å². The molecule has 8 heteroatoms. The highest BCUT2D eigenvalue weighted by molar-refractivity contribution is 6.05. The van der Waals surface area contributed by atoms with E-state index in [9.17, 15) is 14.4 Å². The number of imide groups is 1. The van der Waals surface area contributed by atoms with Crippen LogP contribution in [0.25, 0.3) is 0 Å². The van der Waals surface area contributed by atoms with Crippen LogP contribution >= 0.6 is 0 Å². The molecule has 0 aromatic carbocycles. The van der Waals surface area contributed by atoms with Crippen LogP contribution in [0, 0.1) is 13.8 Å². The molecule has 1 saturated heterocycles. The fourth-order valence-electron chi connectivity index (χ4n) is 1.80. The van der Waals surface area contributed by atoms with Crippen molar-refractivity contribution < 1.29 is 18.9 Å². The highest BCUT2D eigenvalue weighted by Gasteiger charge is 2.31. The SMILES string of the molecule is Cc1noc(C)c1CNC(=O)C[C@H]1NC(=O)NC1=O. The van der Waals surface area contributed by atoms with E-state index in [-0.39, 0.29) is 18.9 Å². The third kappa shape index (κ3) is 2.90. The molecule has 0 radical (unpaired) electrons. The van der Waals surface area contributed by atoms with Crippen LogP contribution in [-0.4, -0.2) is 29.0 Å².